The predicted octanol–water partition coefficient (Wildman–Crippen LogP) is 4.47. The monoisotopic (exact) mass is 441 g/mol. The molecule has 1 unspecified atom stereocenters. The molecular formula is C22H23N3O3S2. The highest BCUT2D eigenvalue weighted by Crippen LogP contribution is 2.42. The number of thioether (sulfide) groups is 1. The summed E-state index contributed by atoms with van der Waals surface area (Å²) >= 11 is 1.53. The van der Waals surface area contributed by atoms with Crippen molar-refractivity contribution in [1.29, 1.82) is 0 Å². The van der Waals surface area contributed by atoms with E-state index in [4.69, 9.17) is 0 Å². The highest BCUT2D eigenvalue weighted by molar-refractivity contribution is 7.99. The van der Waals surface area contributed by atoms with E-state index in [0.29, 0.717) is 16.4 Å². The van der Waals surface area contributed by atoms with E-state index in [0.717, 1.165) is 17.9 Å². The molecule has 0 bridgehead atoms. The zero-order chi connectivity index (χ0) is 21.3. The van der Waals surface area contributed by atoms with Crippen LogP contribution in [0.4, 0.5) is 5.82 Å². The van der Waals surface area contributed by atoms with Crippen LogP contribution in [0.25, 0.3) is 5.69 Å². The van der Waals surface area contributed by atoms with Gasteiger partial charge in [0, 0.05) is 18.0 Å². The molecule has 8 heteroatoms. The number of carbonyl (C=O) groups is 1. The maximum Gasteiger partial charge on any atom is 0.251 e. The second-order valence-corrected chi connectivity index (χ2v) is 9.95. The van der Waals surface area contributed by atoms with E-state index in [1.165, 1.54) is 16.1 Å². The lowest BCUT2D eigenvalue weighted by molar-refractivity contribution is 0.0978. The van der Waals surface area contributed by atoms with Crippen LogP contribution in [0.15, 0.2) is 65.8 Å². The molecule has 1 aliphatic rings. The third-order valence-electron chi connectivity index (χ3n) is 4.98. The number of rotatable bonds is 6. The maximum absolute atomic E-state index is 13.7. The maximum atomic E-state index is 13.7. The van der Waals surface area contributed by atoms with Crippen LogP contribution in [0.1, 0.15) is 41.6 Å². The van der Waals surface area contributed by atoms with Crippen molar-refractivity contribution in [2.45, 2.75) is 30.7 Å². The number of aromatic nitrogens is 2. The van der Waals surface area contributed by atoms with E-state index in [9.17, 15) is 13.2 Å². The van der Waals surface area contributed by atoms with Crippen LogP contribution >= 0.6 is 11.8 Å². The third-order valence-corrected chi connectivity index (χ3v) is 8.25. The van der Waals surface area contributed by atoms with Crippen LogP contribution in [-0.4, -0.2) is 36.0 Å². The Morgan fingerprint density at radius 3 is 2.23 bits per heavy atom. The zero-order valence-electron chi connectivity index (χ0n) is 16.9. The molecule has 0 aliphatic carbocycles. The molecule has 3 aromatic rings. The Labute approximate surface area is 181 Å². The topological polar surface area (TPSA) is 72.3 Å². The van der Waals surface area contributed by atoms with Gasteiger partial charge in [-0.15, -0.1) is 0 Å². The Hall–Kier alpha value is -2.58. The molecule has 4 rings (SSSR count). The summed E-state index contributed by atoms with van der Waals surface area (Å²) in [6, 6.07) is 18.2. The van der Waals surface area contributed by atoms with E-state index in [1.54, 1.807) is 37.3 Å². The lowest BCUT2D eigenvalue weighted by Gasteiger charge is -2.31. The van der Waals surface area contributed by atoms with Crippen molar-refractivity contribution >= 4 is 33.4 Å². The van der Waals surface area contributed by atoms with Crippen molar-refractivity contribution in [3.8, 4) is 5.69 Å². The molecule has 1 aromatic heterocycles. The molecule has 0 fully saturated rings. The number of anilines is 1. The van der Waals surface area contributed by atoms with Crippen molar-refractivity contribution in [2.75, 3.05) is 16.6 Å². The molecule has 156 valence electrons. The van der Waals surface area contributed by atoms with Gasteiger partial charge in [0.25, 0.3) is 10.0 Å². The van der Waals surface area contributed by atoms with Gasteiger partial charge in [-0.2, -0.15) is 0 Å². The van der Waals surface area contributed by atoms with Crippen LogP contribution in [0, 0.1) is 0 Å². The second-order valence-electron chi connectivity index (χ2n) is 6.95. The summed E-state index contributed by atoms with van der Waals surface area (Å²) in [4.78, 5) is 18.3. The number of benzene rings is 2. The van der Waals surface area contributed by atoms with Gasteiger partial charge in [-0.1, -0.05) is 67.2 Å². The number of Topliss-reactive ketones (excluding diaryl/α,β-unsaturated/α-hetero) is 1. The molecule has 1 atom stereocenters. The lowest BCUT2D eigenvalue weighted by atomic mass is 10.1. The first-order valence-corrected chi connectivity index (χ1v) is 12.4. The SMILES string of the molecule is CCCSc1nc2c(n1-c1ccccc1)C(=O)C(c1ccccc1)S(=O)(=O)N2CC. The van der Waals surface area contributed by atoms with Gasteiger partial charge in [0.05, 0.1) is 0 Å². The summed E-state index contributed by atoms with van der Waals surface area (Å²) in [7, 11) is -3.94. The number of carbonyl (C=O) groups excluding carboxylic acids is 1. The predicted molar refractivity (Wildman–Crippen MR) is 120 cm³/mol. The fourth-order valence-corrected chi connectivity index (χ4v) is 6.41. The average Bonchev–Trinajstić information content (AvgIpc) is 3.12. The summed E-state index contributed by atoms with van der Waals surface area (Å²) in [6.07, 6.45) is 0.938. The van der Waals surface area contributed by atoms with Gasteiger partial charge in [0.2, 0.25) is 5.78 Å². The molecule has 30 heavy (non-hydrogen) atoms. The smallest absolute Gasteiger partial charge is 0.251 e. The summed E-state index contributed by atoms with van der Waals surface area (Å²) in [5.74, 6) is 0.593. The Morgan fingerprint density at radius 2 is 1.63 bits per heavy atom. The van der Waals surface area contributed by atoms with Gasteiger partial charge >= 0.3 is 0 Å². The van der Waals surface area contributed by atoms with E-state index >= 15 is 0 Å². The first kappa shape index (κ1) is 20.7. The molecule has 0 saturated carbocycles. The van der Waals surface area contributed by atoms with Crippen LogP contribution in [0.2, 0.25) is 0 Å². The summed E-state index contributed by atoms with van der Waals surface area (Å²) in [5, 5.41) is -0.655. The van der Waals surface area contributed by atoms with Crippen molar-refractivity contribution in [2.24, 2.45) is 0 Å². The van der Waals surface area contributed by atoms with E-state index in [-0.39, 0.29) is 12.4 Å². The minimum Gasteiger partial charge on any atom is -0.290 e. The number of fused-ring (bicyclic) bond motifs is 1. The quantitative estimate of drug-likeness (QED) is 0.528. The summed E-state index contributed by atoms with van der Waals surface area (Å²) in [5.41, 5.74) is 1.58. The average molecular weight is 442 g/mol. The van der Waals surface area contributed by atoms with Crippen molar-refractivity contribution in [1.82, 2.24) is 9.55 Å². The second kappa shape index (κ2) is 8.28. The Balaban J connectivity index is 2.00. The number of sulfonamides is 1. The Kier molecular flexibility index (Phi) is 5.71. The number of imidazole rings is 1. The molecule has 0 amide bonds. The first-order chi connectivity index (χ1) is 14.5. The fourth-order valence-electron chi connectivity index (χ4n) is 3.68. The van der Waals surface area contributed by atoms with Crippen LogP contribution < -0.4 is 4.31 Å². The highest BCUT2D eigenvalue weighted by atomic mass is 32.2. The Morgan fingerprint density at radius 1 is 1.00 bits per heavy atom. The third kappa shape index (κ3) is 3.33. The van der Waals surface area contributed by atoms with Crippen molar-refractivity contribution in [3.63, 3.8) is 0 Å². The van der Waals surface area contributed by atoms with Crippen molar-refractivity contribution < 1.29 is 13.2 Å². The molecule has 1 aliphatic heterocycles. The first-order valence-electron chi connectivity index (χ1n) is 9.92. The largest absolute Gasteiger partial charge is 0.290 e. The standard InChI is InChI=1S/C22H23N3O3S2/c1-3-15-29-22-23-21-18(25(22)17-13-9-6-10-14-17)19(26)20(16-11-7-5-8-12-16)30(27,28)24(21)4-2/h5-14,20H,3-4,15H2,1-2H3. The van der Waals surface area contributed by atoms with Gasteiger partial charge in [-0.25, -0.2) is 13.4 Å². The summed E-state index contributed by atoms with van der Waals surface area (Å²) < 4.78 is 30.0. The normalized spacial score (nSPS) is 17.7. The van der Waals surface area contributed by atoms with Gasteiger partial charge in [-0.05, 0) is 31.0 Å². The molecule has 2 heterocycles. The molecular weight excluding hydrogens is 418 g/mol. The van der Waals surface area contributed by atoms with Gasteiger partial charge in [0.15, 0.2) is 16.2 Å². The minimum absolute atomic E-state index is 0.204. The van der Waals surface area contributed by atoms with Gasteiger partial charge in [0.1, 0.15) is 5.69 Å². The number of nitrogens with zero attached hydrogens (tertiary/aromatic N) is 3. The van der Waals surface area contributed by atoms with E-state index < -0.39 is 21.1 Å². The van der Waals surface area contributed by atoms with Crippen LogP contribution in [-0.2, 0) is 10.0 Å². The number of hydrogen-bond acceptors (Lipinski definition) is 5. The fraction of sp³-hybridized carbons (Fsp3) is 0.273. The van der Waals surface area contributed by atoms with Gasteiger partial charge in [-0.3, -0.25) is 13.7 Å². The number of ketones is 1. The Bertz CT molecular complexity index is 1160. The number of para-hydroxylation sites is 1. The minimum atomic E-state index is -3.94. The molecule has 0 saturated heterocycles. The lowest BCUT2D eigenvalue weighted by Crippen LogP contribution is -2.43. The number of hydrogen-bond donors (Lipinski definition) is 0. The molecule has 6 nitrogen and oxygen atoms in total. The highest BCUT2D eigenvalue weighted by Gasteiger charge is 2.48. The molecule has 2 aromatic carbocycles. The van der Waals surface area contributed by atoms with Crippen LogP contribution in [0.5, 0.6) is 0 Å². The molecule has 0 radical (unpaired) electrons. The van der Waals surface area contributed by atoms with E-state index in [2.05, 4.69) is 11.9 Å². The van der Waals surface area contributed by atoms with Gasteiger partial charge < -0.3 is 0 Å². The van der Waals surface area contributed by atoms with E-state index in [1.807, 2.05) is 34.9 Å². The zero-order valence-corrected chi connectivity index (χ0v) is 18.5. The molecule has 0 N–H and O–H groups in total. The van der Waals surface area contributed by atoms with Crippen LogP contribution in [0.3, 0.4) is 0 Å². The van der Waals surface area contributed by atoms with Crippen molar-refractivity contribution in [3.05, 3.63) is 71.9 Å². The molecule has 0 spiro atoms. The summed E-state index contributed by atoms with van der Waals surface area (Å²) in [6.45, 7) is 4.04.